The second-order valence-electron chi connectivity index (χ2n) is 4.66. The summed E-state index contributed by atoms with van der Waals surface area (Å²) < 4.78 is 0. The second-order valence-corrected chi connectivity index (χ2v) is 7.16. The molecule has 0 unspecified atom stereocenters. The van der Waals surface area contributed by atoms with E-state index in [2.05, 4.69) is 0 Å². The van der Waals surface area contributed by atoms with Gasteiger partial charge in [-0.15, -0.1) is 0 Å². The van der Waals surface area contributed by atoms with Crippen molar-refractivity contribution in [1.82, 2.24) is 0 Å². The van der Waals surface area contributed by atoms with Crippen LogP contribution in [0.5, 0.6) is 0 Å². The van der Waals surface area contributed by atoms with Crippen molar-refractivity contribution in [3.8, 4) is 0 Å². The summed E-state index contributed by atoms with van der Waals surface area (Å²) in [5, 5.41) is 0.179. The molecule has 0 aromatic heterocycles. The van der Waals surface area contributed by atoms with Gasteiger partial charge in [0.15, 0.2) is 10.2 Å². The third kappa shape index (κ3) is 5.54. The van der Waals surface area contributed by atoms with Gasteiger partial charge in [-0.05, 0) is 35.4 Å². The highest BCUT2D eigenvalue weighted by atomic mass is 32.2. The molecule has 0 bridgehead atoms. The maximum Gasteiger partial charge on any atom is 0.190 e. The minimum Gasteiger partial charge on any atom is -0.287 e. The molecule has 2 nitrogen and oxygen atoms in total. The molecule has 22 heavy (non-hydrogen) atoms. The third-order valence-corrected chi connectivity index (χ3v) is 4.34. The van der Waals surface area contributed by atoms with Crippen LogP contribution < -0.4 is 0 Å². The Kier molecular flexibility index (Phi) is 6.04. The molecule has 0 aliphatic heterocycles. The van der Waals surface area contributed by atoms with Crippen LogP contribution in [0.2, 0.25) is 0 Å². The van der Waals surface area contributed by atoms with Gasteiger partial charge in [0.05, 0.1) is 0 Å². The molecule has 0 N–H and O–H groups in total. The summed E-state index contributed by atoms with van der Waals surface area (Å²) in [6.45, 7) is 3.12. The van der Waals surface area contributed by atoms with Crippen molar-refractivity contribution in [2.24, 2.45) is 0 Å². The van der Waals surface area contributed by atoms with Gasteiger partial charge < -0.3 is 0 Å². The molecule has 0 saturated carbocycles. The summed E-state index contributed by atoms with van der Waals surface area (Å²) in [4.78, 5) is 24.0. The summed E-state index contributed by atoms with van der Waals surface area (Å²) >= 11 is 2.47. The Hall–Kier alpha value is -1.78. The van der Waals surface area contributed by atoms with Crippen LogP contribution in [0.4, 0.5) is 0 Å². The normalized spacial score (nSPS) is 10.8. The number of carbonyl (C=O) groups is 2. The summed E-state index contributed by atoms with van der Waals surface area (Å²) in [6.07, 6.45) is 4.05. The van der Waals surface area contributed by atoms with Gasteiger partial charge in [0.1, 0.15) is 0 Å². The molecule has 2 aromatic rings. The van der Waals surface area contributed by atoms with Gasteiger partial charge in [-0.3, -0.25) is 9.59 Å². The molecule has 4 heteroatoms. The average molecular weight is 328 g/mol. The van der Waals surface area contributed by atoms with E-state index in [9.17, 15) is 9.59 Å². The first kappa shape index (κ1) is 16.6. The zero-order chi connectivity index (χ0) is 15.9. The van der Waals surface area contributed by atoms with Crippen molar-refractivity contribution in [1.29, 1.82) is 0 Å². The third-order valence-electron chi connectivity index (χ3n) is 2.75. The zero-order valence-electron chi connectivity index (χ0n) is 12.4. The fourth-order valence-corrected chi connectivity index (χ4v) is 3.03. The van der Waals surface area contributed by atoms with Gasteiger partial charge in [-0.2, -0.15) is 0 Å². The van der Waals surface area contributed by atoms with E-state index in [1.807, 2.05) is 60.7 Å². The second kappa shape index (κ2) is 8.01. The highest BCUT2D eigenvalue weighted by Crippen LogP contribution is 2.21. The van der Waals surface area contributed by atoms with Crippen molar-refractivity contribution in [3.05, 3.63) is 59.7 Å². The summed E-state index contributed by atoms with van der Waals surface area (Å²) in [5.74, 6) is 0. The highest BCUT2D eigenvalue weighted by molar-refractivity contribution is 8.13. The molecule has 2 aromatic carbocycles. The fraction of sp³-hybridized carbons (Fsp3) is 0.111. The van der Waals surface area contributed by atoms with Crippen LogP contribution in [-0.2, 0) is 9.59 Å². The highest BCUT2D eigenvalue weighted by Gasteiger charge is 1.99. The molecular weight excluding hydrogens is 312 g/mol. The molecule has 0 heterocycles. The summed E-state index contributed by atoms with van der Waals surface area (Å²) in [5.41, 5.74) is 2.16. The Balaban J connectivity index is 2.01. The number of carbonyl (C=O) groups excluding carboxylic acids is 2. The lowest BCUT2D eigenvalue weighted by molar-refractivity contribution is -0.109. The lowest BCUT2D eigenvalue weighted by Gasteiger charge is -2.00. The topological polar surface area (TPSA) is 34.1 Å². The Bertz CT molecular complexity index is 625. The van der Waals surface area contributed by atoms with Crippen LogP contribution in [0, 0.1) is 0 Å². The molecule has 0 fully saturated rings. The molecule has 0 aliphatic carbocycles. The fourth-order valence-electron chi connectivity index (χ4n) is 1.82. The first-order valence-corrected chi connectivity index (χ1v) is 8.41. The van der Waals surface area contributed by atoms with Gasteiger partial charge in [-0.25, -0.2) is 0 Å². The van der Waals surface area contributed by atoms with Crippen molar-refractivity contribution >= 4 is 45.9 Å². The Morgan fingerprint density at radius 3 is 1.27 bits per heavy atom. The van der Waals surface area contributed by atoms with Crippen LogP contribution >= 0.6 is 23.5 Å². The first-order valence-electron chi connectivity index (χ1n) is 6.78. The van der Waals surface area contributed by atoms with Crippen LogP contribution in [0.15, 0.2) is 58.3 Å². The van der Waals surface area contributed by atoms with Gasteiger partial charge in [0, 0.05) is 23.6 Å². The lowest BCUT2D eigenvalue weighted by Crippen LogP contribution is -1.82. The molecule has 0 radical (unpaired) electrons. The quantitative estimate of drug-likeness (QED) is 0.575. The van der Waals surface area contributed by atoms with Crippen molar-refractivity contribution in [2.45, 2.75) is 23.6 Å². The van der Waals surface area contributed by atoms with Crippen LogP contribution in [0.3, 0.4) is 0 Å². The van der Waals surface area contributed by atoms with E-state index in [0.29, 0.717) is 0 Å². The molecule has 0 aliphatic rings. The van der Waals surface area contributed by atoms with Gasteiger partial charge >= 0.3 is 0 Å². The summed E-state index contributed by atoms with van der Waals surface area (Å²) in [7, 11) is 0. The van der Waals surface area contributed by atoms with Crippen LogP contribution in [0.25, 0.3) is 12.2 Å². The molecule has 2 rings (SSSR count). The van der Waals surface area contributed by atoms with E-state index in [4.69, 9.17) is 0 Å². The van der Waals surface area contributed by atoms with Crippen molar-refractivity contribution in [2.75, 3.05) is 0 Å². The van der Waals surface area contributed by atoms with E-state index in [0.717, 1.165) is 20.9 Å². The first-order chi connectivity index (χ1) is 10.5. The zero-order valence-corrected chi connectivity index (χ0v) is 14.0. The van der Waals surface area contributed by atoms with E-state index in [1.54, 1.807) is 13.8 Å². The SMILES string of the molecule is CC(=O)Sc1ccc(/C=C/c2ccc(SC(C)=O)cc2)cc1. The van der Waals surface area contributed by atoms with Crippen molar-refractivity contribution < 1.29 is 9.59 Å². The summed E-state index contributed by atoms with van der Waals surface area (Å²) in [6, 6.07) is 15.7. The largest absolute Gasteiger partial charge is 0.287 e. The Morgan fingerprint density at radius 2 is 1.00 bits per heavy atom. The van der Waals surface area contributed by atoms with E-state index in [-0.39, 0.29) is 10.2 Å². The maximum absolute atomic E-state index is 11.0. The average Bonchev–Trinajstić information content (AvgIpc) is 2.47. The lowest BCUT2D eigenvalue weighted by atomic mass is 10.1. The van der Waals surface area contributed by atoms with Crippen LogP contribution in [-0.4, -0.2) is 10.2 Å². The maximum atomic E-state index is 11.0. The van der Waals surface area contributed by atoms with E-state index < -0.39 is 0 Å². The van der Waals surface area contributed by atoms with Gasteiger partial charge in [-0.1, -0.05) is 59.9 Å². The number of hydrogen-bond acceptors (Lipinski definition) is 4. The minimum atomic E-state index is 0.0896. The van der Waals surface area contributed by atoms with Gasteiger partial charge in [0.25, 0.3) is 0 Å². The number of rotatable bonds is 4. The van der Waals surface area contributed by atoms with Gasteiger partial charge in [0.2, 0.25) is 0 Å². The monoisotopic (exact) mass is 328 g/mol. The smallest absolute Gasteiger partial charge is 0.190 e. The molecule has 0 saturated heterocycles. The standard InChI is InChI=1S/C18H16O2S2/c1-13(19)21-17-9-5-15(6-10-17)3-4-16-7-11-18(12-8-16)22-14(2)20/h3-12H,1-2H3/b4-3+. The predicted octanol–water partition coefficient (Wildman–Crippen LogP) is 5.13. The minimum absolute atomic E-state index is 0.0896. The molecule has 0 spiro atoms. The molecule has 0 atom stereocenters. The van der Waals surface area contributed by atoms with Crippen molar-refractivity contribution in [3.63, 3.8) is 0 Å². The molecule has 112 valence electrons. The number of thioether (sulfide) groups is 2. The molecular formula is C18H16O2S2. The predicted molar refractivity (Wildman–Crippen MR) is 94.9 cm³/mol. The van der Waals surface area contributed by atoms with E-state index >= 15 is 0 Å². The Labute approximate surface area is 139 Å². The molecule has 0 amide bonds. The Morgan fingerprint density at radius 1 is 0.682 bits per heavy atom. The number of benzene rings is 2. The number of hydrogen-bond donors (Lipinski definition) is 0. The van der Waals surface area contributed by atoms with E-state index in [1.165, 1.54) is 23.5 Å². The van der Waals surface area contributed by atoms with Crippen LogP contribution in [0.1, 0.15) is 25.0 Å².